The van der Waals surface area contributed by atoms with Crippen LogP contribution in [0.4, 0.5) is 0 Å². The molecule has 0 fully saturated rings. The zero-order valence-electron chi connectivity index (χ0n) is 27.6. The van der Waals surface area contributed by atoms with Gasteiger partial charge in [0.15, 0.2) is 0 Å². The molecule has 0 atom stereocenters. The van der Waals surface area contributed by atoms with Crippen molar-refractivity contribution in [2.24, 2.45) is 0 Å². The number of fused-ring (bicyclic) bond motifs is 10. The van der Waals surface area contributed by atoms with Gasteiger partial charge in [-0.3, -0.25) is 0 Å². The average molecular weight is 651 g/mol. The maximum atomic E-state index is 6.42. The number of furan rings is 1. The maximum absolute atomic E-state index is 6.42. The number of benzene rings is 8. The lowest BCUT2D eigenvalue weighted by atomic mass is 10.0. The number of para-hydroxylation sites is 4. The number of rotatable bonds is 4. The highest BCUT2D eigenvalue weighted by Gasteiger charge is 2.22. The molecule has 0 aliphatic rings. The van der Waals surface area contributed by atoms with Gasteiger partial charge in [-0.15, -0.1) is 0 Å². The van der Waals surface area contributed by atoms with E-state index >= 15 is 0 Å². The van der Waals surface area contributed by atoms with Crippen LogP contribution in [-0.2, 0) is 0 Å². The van der Waals surface area contributed by atoms with E-state index in [4.69, 9.17) is 4.42 Å². The lowest BCUT2D eigenvalue weighted by Crippen LogP contribution is -1.98. The smallest absolute Gasteiger partial charge is 0.143 e. The van der Waals surface area contributed by atoms with Crippen molar-refractivity contribution in [1.82, 2.24) is 9.13 Å². The van der Waals surface area contributed by atoms with E-state index in [1.54, 1.807) is 0 Å². The summed E-state index contributed by atoms with van der Waals surface area (Å²) >= 11 is 0. The van der Waals surface area contributed by atoms with Crippen LogP contribution in [0, 0.1) is 0 Å². The van der Waals surface area contributed by atoms with Crippen LogP contribution in [0.15, 0.2) is 186 Å². The first kappa shape index (κ1) is 28.0. The van der Waals surface area contributed by atoms with Crippen LogP contribution in [0.5, 0.6) is 0 Å². The molecule has 0 spiro atoms. The minimum Gasteiger partial charge on any atom is -0.455 e. The predicted molar refractivity (Wildman–Crippen MR) is 213 cm³/mol. The highest BCUT2D eigenvalue weighted by atomic mass is 16.3. The van der Waals surface area contributed by atoms with Crippen molar-refractivity contribution in [3.63, 3.8) is 0 Å². The quantitative estimate of drug-likeness (QED) is 0.186. The summed E-state index contributed by atoms with van der Waals surface area (Å²) < 4.78 is 11.3. The average Bonchev–Trinajstić information content (AvgIpc) is 3.86. The molecule has 11 aromatic rings. The molecule has 0 bridgehead atoms. The van der Waals surface area contributed by atoms with E-state index in [0.29, 0.717) is 0 Å². The topological polar surface area (TPSA) is 23.0 Å². The summed E-state index contributed by atoms with van der Waals surface area (Å²) in [5, 5.41) is 7.23. The van der Waals surface area contributed by atoms with Crippen molar-refractivity contribution in [2.45, 2.75) is 0 Å². The molecular weight excluding hydrogens is 621 g/mol. The molecule has 0 radical (unpaired) electrons. The molecule has 11 rings (SSSR count). The Kier molecular flexibility index (Phi) is 5.96. The van der Waals surface area contributed by atoms with Gasteiger partial charge in [-0.25, -0.2) is 0 Å². The van der Waals surface area contributed by atoms with Gasteiger partial charge in [-0.1, -0.05) is 140 Å². The Morgan fingerprint density at radius 3 is 1.69 bits per heavy atom. The Morgan fingerprint density at radius 2 is 0.902 bits per heavy atom. The van der Waals surface area contributed by atoms with Crippen LogP contribution in [0.25, 0.3) is 99.2 Å². The molecule has 51 heavy (non-hydrogen) atoms. The van der Waals surface area contributed by atoms with Gasteiger partial charge in [0.25, 0.3) is 0 Å². The van der Waals surface area contributed by atoms with Gasteiger partial charge in [0, 0.05) is 49.3 Å². The second-order valence-electron chi connectivity index (χ2n) is 13.3. The van der Waals surface area contributed by atoms with E-state index in [0.717, 1.165) is 44.4 Å². The van der Waals surface area contributed by atoms with E-state index < -0.39 is 0 Å². The fraction of sp³-hybridized carbons (Fsp3) is 0. The molecule has 0 aliphatic heterocycles. The third kappa shape index (κ3) is 4.12. The molecule has 0 saturated heterocycles. The summed E-state index contributed by atoms with van der Waals surface area (Å²) in [6.07, 6.45) is 0. The van der Waals surface area contributed by atoms with Crippen LogP contribution < -0.4 is 0 Å². The van der Waals surface area contributed by atoms with Crippen molar-refractivity contribution in [3.05, 3.63) is 182 Å². The first-order chi connectivity index (χ1) is 25.3. The van der Waals surface area contributed by atoms with Crippen molar-refractivity contribution in [3.8, 4) is 33.6 Å². The lowest BCUT2D eigenvalue weighted by Gasteiger charge is -2.13. The molecule has 3 heterocycles. The van der Waals surface area contributed by atoms with Gasteiger partial charge in [0.05, 0.1) is 22.1 Å². The number of hydrogen-bond donors (Lipinski definition) is 0. The number of hydrogen-bond acceptors (Lipinski definition) is 1. The van der Waals surface area contributed by atoms with Crippen LogP contribution in [0.3, 0.4) is 0 Å². The zero-order valence-corrected chi connectivity index (χ0v) is 27.6. The summed E-state index contributed by atoms with van der Waals surface area (Å²) in [7, 11) is 0. The molecule has 238 valence electrons. The zero-order chi connectivity index (χ0) is 33.5. The van der Waals surface area contributed by atoms with E-state index in [9.17, 15) is 0 Å². The fourth-order valence-corrected chi connectivity index (χ4v) is 8.24. The second kappa shape index (κ2) is 10.8. The highest BCUT2D eigenvalue weighted by molar-refractivity contribution is 6.24. The van der Waals surface area contributed by atoms with Crippen molar-refractivity contribution >= 4 is 65.6 Å². The van der Waals surface area contributed by atoms with Crippen LogP contribution in [0.1, 0.15) is 0 Å². The Bertz CT molecular complexity index is 3110. The standard InChI is InChI=1S/C48H30N2O/c1-3-12-31(13-4-1)33-24-27-38-41-29-28-40-37-16-7-9-20-43(37)49(46(40)47(41)50(44(38)30-33)34-14-5-2-6-15-34)35-25-22-32(23-26-35)36-18-11-19-42-39-17-8-10-21-45(39)51-48(36)42/h1-30H. The van der Waals surface area contributed by atoms with E-state index in [-0.39, 0.29) is 0 Å². The molecular formula is C48H30N2O. The third-order valence-electron chi connectivity index (χ3n) is 10.5. The second-order valence-corrected chi connectivity index (χ2v) is 13.3. The summed E-state index contributed by atoms with van der Waals surface area (Å²) in [4.78, 5) is 0. The Hall–Kier alpha value is -6.84. The molecule has 0 saturated carbocycles. The monoisotopic (exact) mass is 650 g/mol. The minimum atomic E-state index is 0.913. The number of nitrogens with zero attached hydrogens (tertiary/aromatic N) is 2. The van der Waals surface area contributed by atoms with Crippen LogP contribution in [-0.4, -0.2) is 9.13 Å². The van der Waals surface area contributed by atoms with Gasteiger partial charge in [0.1, 0.15) is 11.2 Å². The molecule has 0 unspecified atom stereocenters. The maximum Gasteiger partial charge on any atom is 0.143 e. The predicted octanol–water partition coefficient (Wildman–Crippen LogP) is 13.1. The molecule has 3 heteroatoms. The number of aromatic nitrogens is 2. The first-order valence-electron chi connectivity index (χ1n) is 17.4. The third-order valence-corrected chi connectivity index (χ3v) is 10.5. The first-order valence-corrected chi connectivity index (χ1v) is 17.4. The van der Waals surface area contributed by atoms with Gasteiger partial charge >= 0.3 is 0 Å². The highest BCUT2D eigenvalue weighted by Crippen LogP contribution is 2.43. The van der Waals surface area contributed by atoms with Crippen molar-refractivity contribution in [1.29, 1.82) is 0 Å². The minimum absolute atomic E-state index is 0.913. The SMILES string of the molecule is c1ccc(-c2ccc3c4ccc5c6ccccc6n(-c6ccc(-c7cccc8c7oc7ccccc78)cc6)c5c4n(-c4ccccc4)c3c2)cc1. The van der Waals surface area contributed by atoms with E-state index in [2.05, 4.69) is 179 Å². The summed E-state index contributed by atoms with van der Waals surface area (Å²) in [5.41, 5.74) is 13.5. The summed E-state index contributed by atoms with van der Waals surface area (Å²) in [6.45, 7) is 0. The van der Waals surface area contributed by atoms with Crippen molar-refractivity contribution < 1.29 is 4.42 Å². The molecule has 3 nitrogen and oxygen atoms in total. The van der Waals surface area contributed by atoms with Gasteiger partial charge in [-0.05, 0) is 59.2 Å². The van der Waals surface area contributed by atoms with Gasteiger partial charge in [-0.2, -0.15) is 0 Å². The van der Waals surface area contributed by atoms with E-state index in [1.165, 1.54) is 54.7 Å². The molecule has 3 aromatic heterocycles. The molecule has 0 aliphatic carbocycles. The molecule has 0 N–H and O–H groups in total. The molecule has 8 aromatic carbocycles. The lowest BCUT2D eigenvalue weighted by molar-refractivity contribution is 0.670. The molecule has 0 amide bonds. The normalized spacial score (nSPS) is 11.9. The summed E-state index contributed by atoms with van der Waals surface area (Å²) in [5.74, 6) is 0. The van der Waals surface area contributed by atoms with Crippen LogP contribution in [0.2, 0.25) is 0 Å². The van der Waals surface area contributed by atoms with Crippen LogP contribution >= 0.6 is 0 Å². The Morgan fingerprint density at radius 1 is 0.333 bits per heavy atom. The van der Waals surface area contributed by atoms with Gasteiger partial charge < -0.3 is 13.6 Å². The van der Waals surface area contributed by atoms with Crippen molar-refractivity contribution in [2.75, 3.05) is 0 Å². The fourth-order valence-electron chi connectivity index (χ4n) is 8.24. The Balaban J connectivity index is 1.20. The summed E-state index contributed by atoms with van der Waals surface area (Å²) in [6, 6.07) is 65.4. The largest absolute Gasteiger partial charge is 0.455 e. The van der Waals surface area contributed by atoms with E-state index in [1.807, 2.05) is 12.1 Å². The van der Waals surface area contributed by atoms with Gasteiger partial charge in [0.2, 0.25) is 0 Å². The Labute approximate surface area is 293 Å².